The molecule has 0 heterocycles. The van der Waals surface area contributed by atoms with E-state index in [4.69, 9.17) is 18.5 Å². The molecule has 342 valence electrons. The summed E-state index contributed by atoms with van der Waals surface area (Å²) in [6, 6.07) is 0. The highest BCUT2D eigenvalue weighted by atomic mass is 31.2. The summed E-state index contributed by atoms with van der Waals surface area (Å²) >= 11 is 0. The number of phosphoric ester groups is 1. The van der Waals surface area contributed by atoms with Crippen molar-refractivity contribution in [2.24, 2.45) is 0 Å². The van der Waals surface area contributed by atoms with Crippen molar-refractivity contribution in [3.05, 3.63) is 0 Å². The number of phosphoric acid groups is 1. The van der Waals surface area contributed by atoms with E-state index in [-0.39, 0.29) is 25.8 Å². The second-order valence-corrected chi connectivity index (χ2v) is 19.6. The number of quaternary nitrogens is 1. The molecule has 9 heteroatoms. The third-order valence-electron chi connectivity index (χ3n) is 11.2. The molecule has 0 aliphatic rings. The van der Waals surface area contributed by atoms with Crippen LogP contribution in [-0.4, -0.2) is 70.7 Å². The van der Waals surface area contributed by atoms with Crippen molar-refractivity contribution < 1.29 is 37.3 Å². The molecule has 0 radical (unpaired) electrons. The molecule has 0 saturated heterocycles. The predicted octanol–water partition coefficient (Wildman–Crippen LogP) is 14.2. The van der Waals surface area contributed by atoms with Gasteiger partial charge in [0.15, 0.2) is 0 Å². The lowest BCUT2D eigenvalue weighted by Crippen LogP contribution is -2.37. The highest BCUT2D eigenvalue weighted by Crippen LogP contribution is 2.38. The first-order chi connectivity index (χ1) is 27.6. The summed E-state index contributed by atoms with van der Waals surface area (Å²) in [7, 11) is 1.38. The predicted molar refractivity (Wildman–Crippen MR) is 241 cm³/mol. The third-order valence-corrected chi connectivity index (χ3v) is 12.1. The van der Waals surface area contributed by atoms with Gasteiger partial charge >= 0.3 is 5.97 Å². The number of unbranched alkanes of at least 4 members (excludes halogenated alkanes) is 33. The zero-order valence-electron chi connectivity index (χ0n) is 38.8. The van der Waals surface area contributed by atoms with Crippen LogP contribution in [0.5, 0.6) is 0 Å². The Labute approximate surface area is 355 Å². The summed E-state index contributed by atoms with van der Waals surface area (Å²) in [5, 5.41) is 0. The van der Waals surface area contributed by atoms with Gasteiger partial charge in [0.2, 0.25) is 0 Å². The van der Waals surface area contributed by atoms with Crippen LogP contribution >= 0.6 is 7.82 Å². The van der Waals surface area contributed by atoms with Gasteiger partial charge in [-0.3, -0.25) is 9.36 Å². The van der Waals surface area contributed by atoms with E-state index >= 15 is 0 Å². The Bertz CT molecular complexity index is 883. The molecule has 0 amide bonds. The number of hydrogen-bond acceptors (Lipinski definition) is 7. The maximum absolute atomic E-state index is 12.7. The van der Waals surface area contributed by atoms with Gasteiger partial charge in [0.1, 0.15) is 19.3 Å². The van der Waals surface area contributed by atoms with Crippen LogP contribution in [0, 0.1) is 0 Å². The zero-order chi connectivity index (χ0) is 42.0. The molecule has 0 rings (SSSR count). The average molecular weight is 832 g/mol. The second-order valence-electron chi connectivity index (χ2n) is 18.2. The number of carbonyl (C=O) groups is 1. The summed E-state index contributed by atoms with van der Waals surface area (Å²) in [6.07, 6.45) is 45.4. The van der Waals surface area contributed by atoms with Crippen molar-refractivity contribution >= 4 is 13.8 Å². The molecular formula is C48H98NO7P. The molecule has 0 fully saturated rings. The quantitative estimate of drug-likeness (QED) is 0.0261. The monoisotopic (exact) mass is 832 g/mol. The van der Waals surface area contributed by atoms with Crippen molar-refractivity contribution in [2.75, 3.05) is 54.1 Å². The standard InChI is InChI=1S/C48H98NO7P/c1-6-8-10-12-14-16-18-20-22-24-26-28-30-32-34-36-38-40-43-53-45-47(46-55-57(51,52)54-44-42-49(3,4)5)56-48(50)41-39-37-35-33-31-29-27-25-23-21-19-17-15-13-11-9-7-2/h47H,6-46H2,1-5H3. The van der Waals surface area contributed by atoms with E-state index in [2.05, 4.69) is 13.8 Å². The number of esters is 1. The normalized spacial score (nSPS) is 13.6. The molecule has 0 saturated carbocycles. The maximum Gasteiger partial charge on any atom is 0.306 e. The summed E-state index contributed by atoms with van der Waals surface area (Å²) in [5.74, 6) is -0.326. The topological polar surface area (TPSA) is 94.1 Å². The summed E-state index contributed by atoms with van der Waals surface area (Å²) in [5.41, 5.74) is 0. The molecule has 0 spiro atoms. The third kappa shape index (κ3) is 46.4. The van der Waals surface area contributed by atoms with Crippen molar-refractivity contribution in [2.45, 2.75) is 251 Å². The fourth-order valence-corrected chi connectivity index (χ4v) is 8.04. The molecule has 0 aromatic heterocycles. The molecule has 0 aromatic carbocycles. The lowest BCUT2D eigenvalue weighted by Gasteiger charge is -2.28. The van der Waals surface area contributed by atoms with Gasteiger partial charge in [-0.25, -0.2) is 0 Å². The maximum atomic E-state index is 12.7. The van der Waals surface area contributed by atoms with E-state index in [1.165, 1.54) is 193 Å². The van der Waals surface area contributed by atoms with Crippen LogP contribution in [-0.2, 0) is 27.9 Å². The minimum Gasteiger partial charge on any atom is -0.756 e. The highest BCUT2D eigenvalue weighted by molar-refractivity contribution is 7.45. The zero-order valence-corrected chi connectivity index (χ0v) is 39.7. The van der Waals surface area contributed by atoms with Gasteiger partial charge in [0.05, 0.1) is 34.4 Å². The molecule has 0 aliphatic carbocycles. The summed E-state index contributed by atoms with van der Waals surface area (Å²) in [6.45, 7) is 5.49. The fourth-order valence-electron chi connectivity index (χ4n) is 7.31. The van der Waals surface area contributed by atoms with Gasteiger partial charge < -0.3 is 27.9 Å². The van der Waals surface area contributed by atoms with Crippen molar-refractivity contribution in [3.63, 3.8) is 0 Å². The Morgan fingerprint density at radius 1 is 0.474 bits per heavy atom. The Morgan fingerprint density at radius 2 is 0.807 bits per heavy atom. The van der Waals surface area contributed by atoms with Crippen LogP contribution in [0.4, 0.5) is 0 Å². The van der Waals surface area contributed by atoms with E-state index < -0.39 is 13.9 Å². The SMILES string of the molecule is CCCCCCCCCCCCCCCCCCCCOCC(COP(=O)([O-])OCC[N+](C)(C)C)OC(=O)CCCCCCCCCCCCCCCCCCC. The Morgan fingerprint density at radius 3 is 1.16 bits per heavy atom. The van der Waals surface area contributed by atoms with Crippen molar-refractivity contribution in [3.8, 4) is 0 Å². The van der Waals surface area contributed by atoms with Crippen LogP contribution in [0.15, 0.2) is 0 Å². The van der Waals surface area contributed by atoms with Crippen molar-refractivity contribution in [1.29, 1.82) is 0 Å². The number of ether oxygens (including phenoxy) is 2. The number of likely N-dealkylation sites (N-methyl/N-ethyl adjacent to an activating group) is 1. The number of carbonyl (C=O) groups excluding carboxylic acids is 1. The average Bonchev–Trinajstić information content (AvgIpc) is 3.16. The van der Waals surface area contributed by atoms with E-state index in [0.717, 1.165) is 32.1 Å². The van der Waals surface area contributed by atoms with Gasteiger partial charge in [-0.2, -0.15) is 0 Å². The van der Waals surface area contributed by atoms with E-state index in [9.17, 15) is 14.3 Å². The minimum atomic E-state index is -4.52. The van der Waals surface area contributed by atoms with Crippen LogP contribution in [0.2, 0.25) is 0 Å². The Balaban J connectivity index is 4.11. The minimum absolute atomic E-state index is 0.0316. The lowest BCUT2D eigenvalue weighted by molar-refractivity contribution is -0.870. The number of hydrogen-bond donors (Lipinski definition) is 0. The molecule has 0 N–H and O–H groups in total. The molecule has 8 nitrogen and oxygen atoms in total. The van der Waals surface area contributed by atoms with Crippen LogP contribution < -0.4 is 4.89 Å². The molecule has 0 aliphatic heterocycles. The molecule has 2 unspecified atom stereocenters. The van der Waals surface area contributed by atoms with Crippen LogP contribution in [0.3, 0.4) is 0 Å². The highest BCUT2D eigenvalue weighted by Gasteiger charge is 2.20. The van der Waals surface area contributed by atoms with Gasteiger partial charge in [-0.15, -0.1) is 0 Å². The first kappa shape index (κ1) is 56.5. The smallest absolute Gasteiger partial charge is 0.306 e. The van der Waals surface area contributed by atoms with Gasteiger partial charge in [0.25, 0.3) is 7.82 Å². The Hall–Kier alpha value is -0.500. The van der Waals surface area contributed by atoms with Crippen LogP contribution in [0.25, 0.3) is 0 Å². The summed E-state index contributed by atoms with van der Waals surface area (Å²) < 4.78 is 34.7. The molecular weight excluding hydrogens is 734 g/mol. The van der Waals surface area contributed by atoms with E-state index in [1.54, 1.807) is 0 Å². The second kappa shape index (κ2) is 42.2. The van der Waals surface area contributed by atoms with E-state index in [0.29, 0.717) is 24.1 Å². The van der Waals surface area contributed by atoms with Crippen molar-refractivity contribution in [1.82, 2.24) is 0 Å². The lowest BCUT2D eigenvalue weighted by atomic mass is 10.0. The summed E-state index contributed by atoms with van der Waals surface area (Å²) in [4.78, 5) is 25.1. The molecule has 0 aromatic rings. The first-order valence-electron chi connectivity index (χ1n) is 24.8. The number of nitrogens with zero attached hydrogens (tertiary/aromatic N) is 1. The fraction of sp³-hybridized carbons (Fsp3) is 0.979. The molecule has 2 atom stereocenters. The largest absolute Gasteiger partial charge is 0.756 e. The van der Waals surface area contributed by atoms with Crippen LogP contribution in [0.1, 0.15) is 245 Å². The van der Waals surface area contributed by atoms with Gasteiger partial charge in [0, 0.05) is 13.0 Å². The Kier molecular flexibility index (Phi) is 41.8. The van der Waals surface area contributed by atoms with Gasteiger partial charge in [-0.05, 0) is 12.8 Å². The van der Waals surface area contributed by atoms with Gasteiger partial charge in [-0.1, -0.05) is 226 Å². The molecule has 57 heavy (non-hydrogen) atoms. The first-order valence-corrected chi connectivity index (χ1v) is 26.2. The van der Waals surface area contributed by atoms with E-state index in [1.807, 2.05) is 21.1 Å². The number of rotatable bonds is 47. The molecule has 0 bridgehead atoms.